The molecular weight excluding hydrogens is 292 g/mol. The van der Waals surface area contributed by atoms with E-state index in [0.717, 1.165) is 43.7 Å². The zero-order chi connectivity index (χ0) is 15.6. The summed E-state index contributed by atoms with van der Waals surface area (Å²) in [7, 11) is 0. The molecule has 1 saturated heterocycles. The van der Waals surface area contributed by atoms with Crippen LogP contribution in [0.1, 0.15) is 17.7 Å². The highest BCUT2D eigenvalue weighted by molar-refractivity contribution is 6.20. The fourth-order valence-corrected chi connectivity index (χ4v) is 2.87. The minimum atomic E-state index is 0.00967. The first-order valence-corrected chi connectivity index (χ1v) is 7.77. The average Bonchev–Trinajstić information content (AvgIpc) is 3.01. The summed E-state index contributed by atoms with van der Waals surface area (Å²) in [5, 5.41) is 13.5. The summed E-state index contributed by atoms with van der Waals surface area (Å²) in [5.41, 5.74) is 2.47. The Bertz CT molecular complexity index is 771. The number of hydrogen-bond donors (Lipinski definition) is 3. The van der Waals surface area contributed by atoms with Gasteiger partial charge in [-0.05, 0) is 31.2 Å². The van der Waals surface area contributed by atoms with E-state index in [2.05, 4.69) is 30.2 Å². The van der Waals surface area contributed by atoms with Crippen molar-refractivity contribution in [3.63, 3.8) is 0 Å². The normalized spacial score (nSPS) is 19.1. The Morgan fingerprint density at radius 1 is 1.26 bits per heavy atom. The lowest BCUT2D eigenvalue weighted by Gasteiger charge is -2.18. The van der Waals surface area contributed by atoms with E-state index < -0.39 is 0 Å². The van der Waals surface area contributed by atoms with Gasteiger partial charge in [0.15, 0.2) is 5.82 Å². The Labute approximate surface area is 133 Å². The molecule has 2 aromatic heterocycles. The van der Waals surface area contributed by atoms with Gasteiger partial charge in [-0.15, -0.1) is 0 Å². The molecule has 0 spiro atoms. The van der Waals surface area contributed by atoms with E-state index in [1.807, 2.05) is 18.2 Å². The average molecular weight is 310 g/mol. The Morgan fingerprint density at radius 3 is 3.17 bits per heavy atom. The molecule has 4 rings (SSSR count). The number of hydrogen-bond acceptors (Lipinski definition) is 6. The summed E-state index contributed by atoms with van der Waals surface area (Å²) in [6.45, 7) is 3.73. The van der Waals surface area contributed by atoms with E-state index in [4.69, 9.17) is 0 Å². The molecule has 0 saturated carbocycles. The molecule has 7 nitrogen and oxygen atoms in total. The van der Waals surface area contributed by atoms with Crippen molar-refractivity contribution < 1.29 is 5.11 Å². The van der Waals surface area contributed by atoms with Crippen LogP contribution in [0.2, 0.25) is 0 Å². The molecule has 3 N–H and O–H groups in total. The van der Waals surface area contributed by atoms with Gasteiger partial charge in [-0.3, -0.25) is 0 Å². The summed E-state index contributed by atoms with van der Waals surface area (Å²) >= 11 is 0. The van der Waals surface area contributed by atoms with Crippen molar-refractivity contribution in [2.75, 3.05) is 31.1 Å². The smallest absolute Gasteiger partial charge is 0.238 e. The maximum atomic E-state index is 10.2. The number of aromatic hydroxyl groups is 1. The highest BCUT2D eigenvalue weighted by Crippen LogP contribution is 2.31. The lowest BCUT2D eigenvalue weighted by molar-refractivity contribution is 0.455. The topological polar surface area (TPSA) is 89.4 Å². The molecule has 0 aliphatic carbocycles. The quantitative estimate of drug-likeness (QED) is 0.783. The van der Waals surface area contributed by atoms with Crippen LogP contribution in [0, 0.1) is 0 Å². The molecule has 2 aliphatic rings. The lowest BCUT2D eigenvalue weighted by atomic mass is 10.1. The second-order valence-corrected chi connectivity index (χ2v) is 5.62. The summed E-state index contributed by atoms with van der Waals surface area (Å²) in [6.07, 6.45) is 6.40. The number of nitrogens with zero attached hydrogens (tertiary/aromatic N) is 4. The molecule has 1 fully saturated rings. The van der Waals surface area contributed by atoms with Gasteiger partial charge in [-0.1, -0.05) is 0 Å². The third-order valence-corrected chi connectivity index (χ3v) is 4.06. The van der Waals surface area contributed by atoms with Gasteiger partial charge in [0.05, 0.1) is 0 Å². The van der Waals surface area contributed by atoms with Gasteiger partial charge in [-0.25, -0.2) is 9.98 Å². The van der Waals surface area contributed by atoms with Crippen molar-refractivity contribution in [2.45, 2.75) is 6.42 Å². The van der Waals surface area contributed by atoms with Crippen LogP contribution >= 0.6 is 0 Å². The van der Waals surface area contributed by atoms with Gasteiger partial charge < -0.3 is 20.3 Å². The summed E-state index contributed by atoms with van der Waals surface area (Å²) < 4.78 is 0. The van der Waals surface area contributed by atoms with E-state index in [-0.39, 0.29) is 5.88 Å². The third kappa shape index (κ3) is 2.70. The van der Waals surface area contributed by atoms with Crippen molar-refractivity contribution >= 4 is 29.6 Å². The number of anilines is 1. The number of nitrogens with one attached hydrogen (secondary N) is 2. The number of allylic oxidation sites excluding steroid dienone is 1. The molecule has 4 heterocycles. The van der Waals surface area contributed by atoms with Gasteiger partial charge in [0, 0.05) is 43.2 Å². The molecule has 2 aliphatic heterocycles. The Morgan fingerprint density at radius 2 is 2.22 bits per heavy atom. The molecule has 0 unspecified atom stereocenters. The van der Waals surface area contributed by atoms with E-state index in [1.165, 1.54) is 0 Å². The van der Waals surface area contributed by atoms with Gasteiger partial charge >= 0.3 is 0 Å². The molecular formula is C16H18N6O. The van der Waals surface area contributed by atoms with Crippen molar-refractivity contribution in [2.24, 2.45) is 4.99 Å². The number of aromatic nitrogens is 3. The second kappa shape index (κ2) is 5.85. The van der Waals surface area contributed by atoms with Crippen LogP contribution in [0.3, 0.4) is 0 Å². The monoisotopic (exact) mass is 310 g/mol. The molecule has 118 valence electrons. The van der Waals surface area contributed by atoms with Crippen LogP contribution in [0.15, 0.2) is 23.3 Å². The summed E-state index contributed by atoms with van der Waals surface area (Å²) in [5.74, 6) is 1.42. The summed E-state index contributed by atoms with van der Waals surface area (Å²) in [6, 6.07) is 3.85. The zero-order valence-corrected chi connectivity index (χ0v) is 12.7. The van der Waals surface area contributed by atoms with E-state index in [9.17, 15) is 5.11 Å². The first-order chi connectivity index (χ1) is 11.3. The Hall–Kier alpha value is -2.67. The highest BCUT2D eigenvalue weighted by Gasteiger charge is 2.18. The molecule has 0 radical (unpaired) electrons. The van der Waals surface area contributed by atoms with Crippen LogP contribution in [-0.4, -0.2) is 52.5 Å². The molecule has 0 atom stereocenters. The van der Waals surface area contributed by atoms with Crippen LogP contribution in [0.4, 0.5) is 11.8 Å². The number of aromatic amines is 1. The van der Waals surface area contributed by atoms with Crippen molar-refractivity contribution in [1.29, 1.82) is 0 Å². The second-order valence-electron chi connectivity index (χ2n) is 5.62. The van der Waals surface area contributed by atoms with Crippen molar-refractivity contribution in [3.8, 4) is 5.88 Å². The lowest BCUT2D eigenvalue weighted by Crippen LogP contribution is -2.28. The van der Waals surface area contributed by atoms with Crippen LogP contribution in [0.25, 0.3) is 11.6 Å². The van der Waals surface area contributed by atoms with Crippen LogP contribution in [-0.2, 0) is 0 Å². The fraction of sp³-hybridized carbons (Fsp3) is 0.312. The minimum Gasteiger partial charge on any atom is -0.492 e. The number of imidazole rings is 1. The number of rotatable bonds is 2. The zero-order valence-electron chi connectivity index (χ0n) is 12.7. The first-order valence-electron chi connectivity index (χ1n) is 7.77. The molecule has 23 heavy (non-hydrogen) atoms. The van der Waals surface area contributed by atoms with E-state index >= 15 is 0 Å². The Kier molecular flexibility index (Phi) is 3.55. The first kappa shape index (κ1) is 14.0. The highest BCUT2D eigenvalue weighted by atomic mass is 16.3. The number of fused-ring (bicyclic) bond motifs is 1. The third-order valence-electron chi connectivity index (χ3n) is 4.06. The maximum absolute atomic E-state index is 10.2. The molecule has 7 heteroatoms. The summed E-state index contributed by atoms with van der Waals surface area (Å²) in [4.78, 5) is 18.1. The molecule has 0 aromatic carbocycles. The largest absolute Gasteiger partial charge is 0.492 e. The van der Waals surface area contributed by atoms with Crippen molar-refractivity contribution in [3.05, 3.63) is 29.6 Å². The van der Waals surface area contributed by atoms with Gasteiger partial charge in [0.25, 0.3) is 0 Å². The molecule has 0 amide bonds. The van der Waals surface area contributed by atoms with Crippen LogP contribution in [0.5, 0.6) is 5.88 Å². The van der Waals surface area contributed by atoms with Crippen LogP contribution < -0.4 is 10.2 Å². The predicted octanol–water partition coefficient (Wildman–Crippen LogP) is 1.57. The van der Waals surface area contributed by atoms with E-state index in [0.29, 0.717) is 17.5 Å². The number of aliphatic imine (C=N–C) groups is 1. The predicted molar refractivity (Wildman–Crippen MR) is 90.2 cm³/mol. The van der Waals surface area contributed by atoms with Gasteiger partial charge in [0.2, 0.25) is 11.8 Å². The van der Waals surface area contributed by atoms with Crippen molar-refractivity contribution in [1.82, 2.24) is 20.3 Å². The maximum Gasteiger partial charge on any atom is 0.238 e. The SMILES string of the molecule is Oc1nc(N2CCCNCC2)[nH]c1/C=C1\C=Nc2ncccc21. The molecule has 0 bridgehead atoms. The molecule has 2 aromatic rings. The Balaban J connectivity index is 1.63. The number of pyridine rings is 1. The minimum absolute atomic E-state index is 0.00967. The van der Waals surface area contributed by atoms with Gasteiger partial charge in [-0.2, -0.15) is 4.98 Å². The number of H-pyrrole nitrogens is 1. The van der Waals surface area contributed by atoms with Gasteiger partial charge in [0.1, 0.15) is 5.69 Å². The fourth-order valence-electron chi connectivity index (χ4n) is 2.87. The standard InChI is InChI=1S/C16H18N6O/c23-15-13(9-11-10-19-14-12(11)3-1-5-18-14)20-16(21-15)22-7-2-4-17-6-8-22/h1,3,5,9-10,17,23H,2,4,6-8H2,(H,20,21)/b11-9+. The van der Waals surface area contributed by atoms with E-state index in [1.54, 1.807) is 12.4 Å².